The number of halogens is 1. The van der Waals surface area contributed by atoms with Gasteiger partial charge in [-0.05, 0) is 46.2 Å². The lowest BCUT2D eigenvalue weighted by atomic mass is 9.86. The van der Waals surface area contributed by atoms with Gasteiger partial charge in [-0.25, -0.2) is 4.79 Å². The Hall–Kier alpha value is -1.31. The zero-order valence-corrected chi connectivity index (χ0v) is 13.1. The Morgan fingerprint density at radius 2 is 1.89 bits per heavy atom. The minimum absolute atomic E-state index is 0.0717. The van der Waals surface area contributed by atoms with Crippen molar-refractivity contribution in [2.24, 2.45) is 5.41 Å². The molecule has 6 heteroatoms. The number of carboxylic acids is 1. The summed E-state index contributed by atoms with van der Waals surface area (Å²) in [5, 5.41) is 21.2. The molecule has 5 nitrogen and oxygen atoms in total. The Morgan fingerprint density at radius 3 is 2.37 bits per heavy atom. The van der Waals surface area contributed by atoms with E-state index in [9.17, 15) is 14.7 Å². The smallest absolute Gasteiger partial charge is 0.326 e. The van der Waals surface area contributed by atoms with Crippen LogP contribution in [0.2, 0.25) is 0 Å². The maximum atomic E-state index is 12.0. The summed E-state index contributed by atoms with van der Waals surface area (Å²) in [6, 6.07) is 3.54. The number of benzene rings is 1. The van der Waals surface area contributed by atoms with E-state index in [-0.39, 0.29) is 11.3 Å². The van der Waals surface area contributed by atoms with Crippen LogP contribution in [0.15, 0.2) is 18.2 Å². The molecule has 0 radical (unpaired) electrons. The Kier molecular flexibility index (Phi) is 4.78. The van der Waals surface area contributed by atoms with Crippen LogP contribution in [0.5, 0.6) is 5.75 Å². The fourth-order valence-corrected chi connectivity index (χ4v) is 2.04. The standard InChI is InChI=1S/C13H16INO4/c1-13(2,3)10(12(18)19)15-11(17)8-6-7(14)4-5-9(8)16/h4-6,10,16H,1-3H3,(H,15,17)(H,18,19). The van der Waals surface area contributed by atoms with Gasteiger partial charge in [0.15, 0.2) is 0 Å². The molecule has 0 heterocycles. The maximum Gasteiger partial charge on any atom is 0.326 e. The van der Waals surface area contributed by atoms with E-state index in [0.29, 0.717) is 0 Å². The molecule has 0 bridgehead atoms. The Morgan fingerprint density at radius 1 is 1.32 bits per heavy atom. The van der Waals surface area contributed by atoms with Crippen molar-refractivity contribution in [3.63, 3.8) is 0 Å². The van der Waals surface area contributed by atoms with Gasteiger partial charge >= 0.3 is 5.97 Å². The highest BCUT2D eigenvalue weighted by Crippen LogP contribution is 2.23. The first-order chi connectivity index (χ1) is 8.62. The van der Waals surface area contributed by atoms with E-state index in [1.165, 1.54) is 12.1 Å². The van der Waals surface area contributed by atoms with Crippen molar-refractivity contribution in [3.8, 4) is 5.75 Å². The number of carboxylic acid groups (broad SMARTS) is 1. The number of carbonyl (C=O) groups is 2. The number of amides is 1. The molecular formula is C13H16INO4. The molecule has 0 aliphatic rings. The second-order valence-electron chi connectivity index (χ2n) is 5.27. The third-order valence-corrected chi connectivity index (χ3v) is 3.26. The molecule has 1 aromatic carbocycles. The summed E-state index contributed by atoms with van der Waals surface area (Å²) in [6.45, 7) is 5.17. The van der Waals surface area contributed by atoms with E-state index < -0.39 is 23.3 Å². The van der Waals surface area contributed by atoms with Crippen molar-refractivity contribution < 1.29 is 19.8 Å². The third kappa shape index (κ3) is 4.09. The van der Waals surface area contributed by atoms with Crippen molar-refractivity contribution in [2.75, 3.05) is 0 Å². The van der Waals surface area contributed by atoms with E-state index in [1.807, 2.05) is 22.6 Å². The molecule has 0 saturated carbocycles. The van der Waals surface area contributed by atoms with Gasteiger partial charge in [-0.1, -0.05) is 20.8 Å². The van der Waals surface area contributed by atoms with Crippen LogP contribution in [-0.4, -0.2) is 28.1 Å². The summed E-state index contributed by atoms with van der Waals surface area (Å²) < 4.78 is 0.781. The summed E-state index contributed by atoms with van der Waals surface area (Å²) in [6.07, 6.45) is 0. The predicted molar refractivity (Wildman–Crippen MR) is 79.2 cm³/mol. The van der Waals surface area contributed by atoms with Crippen LogP contribution < -0.4 is 5.32 Å². The second-order valence-corrected chi connectivity index (χ2v) is 6.52. The highest BCUT2D eigenvalue weighted by molar-refractivity contribution is 14.1. The van der Waals surface area contributed by atoms with Gasteiger partial charge in [0, 0.05) is 3.57 Å². The fraction of sp³-hybridized carbons (Fsp3) is 0.385. The number of aromatic hydroxyl groups is 1. The third-order valence-electron chi connectivity index (χ3n) is 2.59. The molecule has 1 unspecified atom stereocenters. The lowest BCUT2D eigenvalue weighted by Crippen LogP contribution is -2.49. The minimum Gasteiger partial charge on any atom is -0.507 e. The predicted octanol–water partition coefficient (Wildman–Crippen LogP) is 2.23. The summed E-state index contributed by atoms with van der Waals surface area (Å²) >= 11 is 2.01. The first kappa shape index (κ1) is 15.7. The summed E-state index contributed by atoms with van der Waals surface area (Å²) in [5.74, 6) is -1.87. The largest absolute Gasteiger partial charge is 0.507 e. The normalized spacial score (nSPS) is 12.8. The van der Waals surface area contributed by atoms with Crippen LogP contribution in [0, 0.1) is 8.99 Å². The monoisotopic (exact) mass is 377 g/mol. The SMILES string of the molecule is CC(C)(C)C(NC(=O)c1cc(I)ccc1O)C(=O)O. The first-order valence-electron chi connectivity index (χ1n) is 5.65. The molecule has 0 aromatic heterocycles. The molecule has 0 fully saturated rings. The van der Waals surface area contributed by atoms with Gasteiger partial charge in [0.1, 0.15) is 11.8 Å². The molecule has 0 saturated heterocycles. The molecule has 0 aliphatic heterocycles. The van der Waals surface area contributed by atoms with Crippen LogP contribution >= 0.6 is 22.6 Å². The van der Waals surface area contributed by atoms with E-state index in [4.69, 9.17) is 5.11 Å². The van der Waals surface area contributed by atoms with Crippen LogP contribution in [0.25, 0.3) is 0 Å². The molecule has 0 aliphatic carbocycles. The molecule has 1 atom stereocenters. The number of nitrogens with one attached hydrogen (secondary N) is 1. The lowest BCUT2D eigenvalue weighted by molar-refractivity contribution is -0.142. The Labute approximate surface area is 125 Å². The van der Waals surface area contributed by atoms with Crippen LogP contribution in [-0.2, 0) is 4.79 Å². The molecule has 0 spiro atoms. The number of hydrogen-bond acceptors (Lipinski definition) is 3. The van der Waals surface area contributed by atoms with Crippen molar-refractivity contribution in [1.82, 2.24) is 5.32 Å². The van der Waals surface area contributed by atoms with Gasteiger partial charge in [-0.2, -0.15) is 0 Å². The topological polar surface area (TPSA) is 86.6 Å². The molecular weight excluding hydrogens is 361 g/mol. The van der Waals surface area contributed by atoms with E-state index in [1.54, 1.807) is 26.8 Å². The highest BCUT2D eigenvalue weighted by atomic mass is 127. The average molecular weight is 377 g/mol. The highest BCUT2D eigenvalue weighted by Gasteiger charge is 2.33. The van der Waals surface area contributed by atoms with E-state index >= 15 is 0 Å². The van der Waals surface area contributed by atoms with Gasteiger partial charge in [-0.3, -0.25) is 4.79 Å². The molecule has 1 aromatic rings. The van der Waals surface area contributed by atoms with Crippen molar-refractivity contribution in [2.45, 2.75) is 26.8 Å². The lowest BCUT2D eigenvalue weighted by Gasteiger charge is -2.27. The summed E-state index contributed by atoms with van der Waals surface area (Å²) in [4.78, 5) is 23.2. The van der Waals surface area contributed by atoms with Crippen molar-refractivity contribution >= 4 is 34.5 Å². The van der Waals surface area contributed by atoms with Crippen LogP contribution in [0.1, 0.15) is 31.1 Å². The van der Waals surface area contributed by atoms with Crippen molar-refractivity contribution in [3.05, 3.63) is 27.3 Å². The minimum atomic E-state index is -1.11. The van der Waals surface area contributed by atoms with Crippen molar-refractivity contribution in [1.29, 1.82) is 0 Å². The number of aliphatic carboxylic acids is 1. The molecule has 19 heavy (non-hydrogen) atoms. The van der Waals surface area contributed by atoms with Gasteiger partial charge < -0.3 is 15.5 Å². The van der Waals surface area contributed by atoms with Gasteiger partial charge in [0.25, 0.3) is 5.91 Å². The van der Waals surface area contributed by atoms with Gasteiger partial charge in [0.2, 0.25) is 0 Å². The van der Waals surface area contributed by atoms with Gasteiger partial charge in [-0.15, -0.1) is 0 Å². The zero-order valence-electron chi connectivity index (χ0n) is 10.9. The summed E-state index contributed by atoms with van der Waals surface area (Å²) in [5.41, 5.74) is -0.554. The molecule has 104 valence electrons. The van der Waals surface area contributed by atoms with E-state index in [2.05, 4.69) is 5.32 Å². The molecule has 3 N–H and O–H groups in total. The quantitative estimate of drug-likeness (QED) is 0.706. The molecule has 1 rings (SSSR count). The number of rotatable bonds is 3. The molecule has 1 amide bonds. The number of phenols is 1. The second kappa shape index (κ2) is 5.77. The average Bonchev–Trinajstić information content (AvgIpc) is 2.26. The number of phenolic OH excluding ortho intramolecular Hbond substituents is 1. The van der Waals surface area contributed by atoms with Gasteiger partial charge in [0.05, 0.1) is 5.56 Å². The Balaban J connectivity index is 3.01. The number of hydrogen-bond donors (Lipinski definition) is 3. The maximum absolute atomic E-state index is 12.0. The van der Waals surface area contributed by atoms with Crippen LogP contribution in [0.3, 0.4) is 0 Å². The Bertz CT molecular complexity index is 508. The van der Waals surface area contributed by atoms with E-state index in [0.717, 1.165) is 3.57 Å². The summed E-state index contributed by atoms with van der Waals surface area (Å²) in [7, 11) is 0. The zero-order chi connectivity index (χ0) is 14.8. The fourth-order valence-electron chi connectivity index (χ4n) is 1.55. The van der Waals surface area contributed by atoms with Crippen LogP contribution in [0.4, 0.5) is 0 Å². The first-order valence-corrected chi connectivity index (χ1v) is 6.73. The number of carbonyl (C=O) groups excluding carboxylic acids is 1.